The van der Waals surface area contributed by atoms with E-state index in [9.17, 15) is 19.2 Å². The molecule has 210 valence electrons. The molecule has 0 bridgehead atoms. The van der Waals surface area contributed by atoms with Gasteiger partial charge in [-0.05, 0) is 54.1 Å². The first-order valence-electron chi connectivity index (χ1n) is 13.3. The number of benzene rings is 1. The van der Waals surface area contributed by atoms with E-state index in [0.29, 0.717) is 65.3 Å². The third kappa shape index (κ3) is 5.50. The Bertz CT molecular complexity index is 1940. The van der Waals surface area contributed by atoms with Crippen LogP contribution in [-0.4, -0.2) is 31.2 Å². The molecule has 1 aromatic carbocycles. The summed E-state index contributed by atoms with van der Waals surface area (Å²) in [7, 11) is 0. The molecule has 0 spiro atoms. The van der Waals surface area contributed by atoms with Crippen molar-refractivity contribution in [2.45, 2.75) is 45.3 Å². The van der Waals surface area contributed by atoms with Crippen LogP contribution in [0, 0.1) is 0 Å². The zero-order valence-corrected chi connectivity index (χ0v) is 22.9. The first-order valence-corrected chi connectivity index (χ1v) is 14.2. The van der Waals surface area contributed by atoms with Crippen molar-refractivity contribution in [3.63, 3.8) is 0 Å². The van der Waals surface area contributed by atoms with E-state index in [0.717, 1.165) is 5.56 Å². The summed E-state index contributed by atoms with van der Waals surface area (Å²) in [4.78, 5) is 56.0. The van der Waals surface area contributed by atoms with Crippen LogP contribution in [0.15, 0.2) is 74.5 Å². The second-order valence-corrected chi connectivity index (χ2v) is 10.7. The highest BCUT2D eigenvalue weighted by molar-refractivity contribution is 7.17. The molecule has 0 aliphatic carbocycles. The average molecular weight is 574 g/mol. The van der Waals surface area contributed by atoms with E-state index in [4.69, 9.17) is 9.47 Å². The molecule has 5 aromatic rings. The Hall–Kier alpha value is -4.71. The Balaban J connectivity index is 1.08. The van der Waals surface area contributed by atoms with Crippen molar-refractivity contribution < 1.29 is 14.3 Å². The number of carbonyl (C=O) groups excluding carboxylic acids is 1. The van der Waals surface area contributed by atoms with E-state index in [2.05, 4.69) is 10.3 Å². The molecule has 0 unspecified atom stereocenters. The van der Waals surface area contributed by atoms with Crippen LogP contribution in [0.1, 0.15) is 36.9 Å². The van der Waals surface area contributed by atoms with Gasteiger partial charge in [0, 0.05) is 31.8 Å². The highest BCUT2D eigenvalue weighted by Crippen LogP contribution is 2.32. The van der Waals surface area contributed by atoms with Gasteiger partial charge in [-0.1, -0.05) is 18.6 Å². The third-order valence-corrected chi connectivity index (χ3v) is 7.88. The fourth-order valence-corrected chi connectivity index (χ4v) is 5.74. The number of rotatable bonds is 10. The van der Waals surface area contributed by atoms with Gasteiger partial charge in [0.1, 0.15) is 10.3 Å². The standard InChI is InChI=1S/C29H27N5O6S/c35-25(30-16-19-8-9-22-23(14-19)40-18-39-22)7-2-1-4-12-33-28(37)27-21(10-13-41-27)34(29(33)38)17-20-15-26(36)32-11-5-3-6-24(32)31-20/h3,5-6,8-11,13-15H,1-2,4,7,12,16-18H2,(H,30,35). The van der Waals surface area contributed by atoms with Crippen molar-refractivity contribution in [3.05, 3.63) is 103 Å². The fourth-order valence-electron chi connectivity index (χ4n) is 4.90. The Morgan fingerprint density at radius 2 is 1.85 bits per heavy atom. The number of amides is 1. The number of carbonyl (C=O) groups is 1. The SMILES string of the molecule is O=C(CCCCCn1c(=O)c2sccc2n(Cc2cc(=O)n3ccccc3n2)c1=O)NCc1ccc2c(c1)OCO2. The number of ether oxygens (including phenoxy) is 2. The zero-order valence-electron chi connectivity index (χ0n) is 22.1. The predicted molar refractivity (Wildman–Crippen MR) is 154 cm³/mol. The lowest BCUT2D eigenvalue weighted by atomic mass is 10.1. The van der Waals surface area contributed by atoms with Gasteiger partial charge in [0.2, 0.25) is 12.7 Å². The maximum absolute atomic E-state index is 13.5. The number of nitrogens with one attached hydrogen (secondary N) is 1. The summed E-state index contributed by atoms with van der Waals surface area (Å²) < 4.78 is 15.3. The molecule has 41 heavy (non-hydrogen) atoms. The summed E-state index contributed by atoms with van der Waals surface area (Å²) in [6, 6.07) is 14.0. The van der Waals surface area contributed by atoms with E-state index in [-0.39, 0.29) is 36.9 Å². The molecule has 0 fully saturated rings. The number of thiophene rings is 1. The van der Waals surface area contributed by atoms with Crippen LogP contribution in [0.3, 0.4) is 0 Å². The second kappa shape index (κ2) is 11.4. The molecular formula is C29H27N5O6S. The molecular weight excluding hydrogens is 546 g/mol. The van der Waals surface area contributed by atoms with Crippen molar-refractivity contribution >= 4 is 33.1 Å². The predicted octanol–water partition coefficient (Wildman–Crippen LogP) is 2.89. The number of hydrogen-bond acceptors (Lipinski definition) is 8. The fraction of sp³-hybridized carbons (Fsp3) is 0.276. The van der Waals surface area contributed by atoms with E-state index in [1.54, 1.807) is 35.8 Å². The lowest BCUT2D eigenvalue weighted by Crippen LogP contribution is -2.40. The Morgan fingerprint density at radius 3 is 2.76 bits per heavy atom. The van der Waals surface area contributed by atoms with Crippen molar-refractivity contribution in [1.29, 1.82) is 0 Å². The lowest BCUT2D eigenvalue weighted by Gasteiger charge is -2.12. The number of aromatic nitrogens is 4. The van der Waals surface area contributed by atoms with Gasteiger partial charge < -0.3 is 14.8 Å². The topological polar surface area (TPSA) is 126 Å². The lowest BCUT2D eigenvalue weighted by molar-refractivity contribution is -0.121. The maximum atomic E-state index is 13.5. The maximum Gasteiger partial charge on any atom is 0.331 e. The molecule has 1 aliphatic rings. The van der Waals surface area contributed by atoms with Crippen LogP contribution in [-0.2, 0) is 24.4 Å². The van der Waals surface area contributed by atoms with Crippen LogP contribution in [0.2, 0.25) is 0 Å². The Kier molecular flexibility index (Phi) is 7.38. The van der Waals surface area contributed by atoms with Gasteiger partial charge in [-0.15, -0.1) is 11.3 Å². The van der Waals surface area contributed by atoms with Gasteiger partial charge in [-0.25, -0.2) is 9.78 Å². The normalized spacial score (nSPS) is 12.3. The molecule has 6 rings (SSSR count). The van der Waals surface area contributed by atoms with Crippen LogP contribution in [0.4, 0.5) is 0 Å². The molecule has 11 nitrogen and oxygen atoms in total. The van der Waals surface area contributed by atoms with Gasteiger partial charge in [0.05, 0.1) is 17.8 Å². The minimum atomic E-state index is -0.447. The van der Waals surface area contributed by atoms with E-state index < -0.39 is 5.69 Å². The van der Waals surface area contributed by atoms with Crippen LogP contribution < -0.4 is 31.6 Å². The third-order valence-electron chi connectivity index (χ3n) is 6.99. The number of unbranched alkanes of at least 4 members (excludes halogenated alkanes) is 2. The quantitative estimate of drug-likeness (QED) is 0.255. The first kappa shape index (κ1) is 26.5. The van der Waals surface area contributed by atoms with Crippen LogP contribution in [0.25, 0.3) is 15.9 Å². The summed E-state index contributed by atoms with van der Waals surface area (Å²) in [5.74, 6) is 1.31. The molecule has 5 heterocycles. The van der Waals surface area contributed by atoms with Gasteiger partial charge >= 0.3 is 5.69 Å². The molecule has 1 aliphatic heterocycles. The molecule has 4 aromatic heterocycles. The summed E-state index contributed by atoms with van der Waals surface area (Å²) >= 11 is 1.28. The molecule has 1 N–H and O–H groups in total. The van der Waals surface area contributed by atoms with Crippen molar-refractivity contribution in [2.75, 3.05) is 6.79 Å². The molecule has 0 radical (unpaired) electrons. The molecule has 12 heteroatoms. The number of pyridine rings is 1. The zero-order chi connectivity index (χ0) is 28.3. The largest absolute Gasteiger partial charge is 0.454 e. The van der Waals surface area contributed by atoms with Gasteiger partial charge in [-0.2, -0.15) is 0 Å². The summed E-state index contributed by atoms with van der Waals surface area (Å²) in [6.07, 6.45) is 3.85. The van der Waals surface area contributed by atoms with E-state index in [1.807, 2.05) is 18.2 Å². The van der Waals surface area contributed by atoms with Crippen LogP contribution in [0.5, 0.6) is 11.5 Å². The summed E-state index contributed by atoms with van der Waals surface area (Å²) in [6.45, 7) is 0.897. The number of fused-ring (bicyclic) bond motifs is 3. The minimum absolute atomic E-state index is 0.0660. The van der Waals surface area contributed by atoms with Gasteiger partial charge in [0.15, 0.2) is 11.5 Å². The number of nitrogens with zero attached hydrogens (tertiary/aromatic N) is 4. The molecule has 0 saturated carbocycles. The van der Waals surface area contributed by atoms with Crippen molar-refractivity contribution in [1.82, 2.24) is 23.8 Å². The Labute approximate surface area is 237 Å². The van der Waals surface area contributed by atoms with Crippen molar-refractivity contribution in [3.8, 4) is 11.5 Å². The summed E-state index contributed by atoms with van der Waals surface area (Å²) in [5, 5.41) is 4.68. The monoisotopic (exact) mass is 573 g/mol. The van der Waals surface area contributed by atoms with Crippen molar-refractivity contribution in [2.24, 2.45) is 0 Å². The molecule has 0 atom stereocenters. The van der Waals surface area contributed by atoms with E-state index >= 15 is 0 Å². The average Bonchev–Trinajstić information content (AvgIpc) is 3.65. The highest BCUT2D eigenvalue weighted by Gasteiger charge is 2.16. The summed E-state index contributed by atoms with van der Waals surface area (Å²) in [5.41, 5.74) is 1.35. The van der Waals surface area contributed by atoms with Crippen LogP contribution >= 0.6 is 11.3 Å². The molecule has 0 saturated heterocycles. The number of hydrogen-bond donors (Lipinski definition) is 1. The Morgan fingerprint density at radius 1 is 0.976 bits per heavy atom. The smallest absolute Gasteiger partial charge is 0.331 e. The first-order chi connectivity index (χ1) is 20.0. The van der Waals surface area contributed by atoms with Gasteiger partial charge in [0.25, 0.3) is 11.1 Å². The highest BCUT2D eigenvalue weighted by atomic mass is 32.1. The van der Waals surface area contributed by atoms with Gasteiger partial charge in [-0.3, -0.25) is 27.9 Å². The minimum Gasteiger partial charge on any atom is -0.454 e. The second-order valence-electron chi connectivity index (χ2n) is 9.75. The molecule has 1 amide bonds. The van der Waals surface area contributed by atoms with E-state index in [1.165, 1.54) is 30.9 Å².